The van der Waals surface area contributed by atoms with Crippen LogP contribution in [0.2, 0.25) is 0 Å². The van der Waals surface area contributed by atoms with E-state index >= 15 is 0 Å². The summed E-state index contributed by atoms with van der Waals surface area (Å²) in [7, 11) is 0. The zero-order valence-electron chi connectivity index (χ0n) is 28.2. The molecular formula is C38H70N2O2. The highest BCUT2D eigenvalue weighted by Crippen LogP contribution is 2.40. The van der Waals surface area contributed by atoms with E-state index in [4.69, 9.17) is 0 Å². The summed E-state index contributed by atoms with van der Waals surface area (Å²) in [6, 6.07) is 0. The molecule has 0 N–H and O–H groups in total. The largest absolute Gasteiger partial charge is 0.234 e. The summed E-state index contributed by atoms with van der Waals surface area (Å²) in [6.45, 7) is 6.25. The van der Waals surface area contributed by atoms with Gasteiger partial charge in [0.1, 0.15) is 0 Å². The zero-order chi connectivity index (χ0) is 30.4. The van der Waals surface area contributed by atoms with Crippen molar-refractivity contribution in [2.24, 2.45) is 33.7 Å². The van der Waals surface area contributed by atoms with E-state index in [0.717, 1.165) is 36.5 Å². The van der Waals surface area contributed by atoms with Crippen molar-refractivity contribution in [2.45, 2.75) is 194 Å². The van der Waals surface area contributed by atoms with Gasteiger partial charge in [0, 0.05) is 0 Å². The number of nitrogens with zero attached hydrogens (tertiary/aromatic N) is 2. The Hall–Kier alpha value is -1.24. The van der Waals surface area contributed by atoms with Crippen LogP contribution in [0, 0.1) is 23.7 Å². The molecule has 0 saturated heterocycles. The maximum atomic E-state index is 10.2. The first-order valence-electron chi connectivity index (χ1n) is 18.8. The molecule has 0 bridgehead atoms. The second-order valence-corrected chi connectivity index (χ2v) is 13.8. The van der Waals surface area contributed by atoms with Crippen LogP contribution in [0.1, 0.15) is 194 Å². The number of isocyanates is 2. The van der Waals surface area contributed by atoms with Crippen molar-refractivity contribution in [1.29, 1.82) is 0 Å². The lowest BCUT2D eigenvalue weighted by molar-refractivity contribution is 0.149. The van der Waals surface area contributed by atoms with Crippen LogP contribution in [0.15, 0.2) is 9.98 Å². The third kappa shape index (κ3) is 22.3. The van der Waals surface area contributed by atoms with E-state index in [0.29, 0.717) is 13.1 Å². The predicted molar refractivity (Wildman–Crippen MR) is 181 cm³/mol. The maximum Gasteiger partial charge on any atom is 0.234 e. The number of unbranched alkanes of at least 4 members (excludes halogenated alkanes) is 16. The van der Waals surface area contributed by atoms with Gasteiger partial charge in [-0.25, -0.2) is 19.6 Å². The molecule has 1 fully saturated rings. The van der Waals surface area contributed by atoms with Gasteiger partial charge in [-0.05, 0) is 49.4 Å². The lowest BCUT2D eigenvalue weighted by Gasteiger charge is -2.36. The van der Waals surface area contributed by atoms with Gasteiger partial charge in [0.15, 0.2) is 0 Å². The predicted octanol–water partition coefficient (Wildman–Crippen LogP) is 12.1. The minimum absolute atomic E-state index is 0.654. The fourth-order valence-electron chi connectivity index (χ4n) is 7.65. The molecule has 1 rings (SSSR count). The molecule has 4 heteroatoms. The fraction of sp³-hybridized carbons (Fsp3) is 0.947. The highest BCUT2D eigenvalue weighted by atomic mass is 16.1. The van der Waals surface area contributed by atoms with E-state index in [9.17, 15) is 9.59 Å². The summed E-state index contributed by atoms with van der Waals surface area (Å²) in [4.78, 5) is 27.8. The molecule has 42 heavy (non-hydrogen) atoms. The van der Waals surface area contributed by atoms with Crippen LogP contribution in [-0.2, 0) is 9.59 Å². The van der Waals surface area contributed by atoms with Crippen LogP contribution in [-0.4, -0.2) is 25.2 Å². The van der Waals surface area contributed by atoms with E-state index in [1.807, 2.05) is 0 Å². The van der Waals surface area contributed by atoms with Gasteiger partial charge in [-0.1, -0.05) is 168 Å². The molecule has 0 aromatic heterocycles. The number of aliphatic imine (C=N–C) groups is 2. The Morgan fingerprint density at radius 1 is 0.571 bits per heavy atom. The smallest absolute Gasteiger partial charge is 0.211 e. The Labute approximate surface area is 261 Å². The molecule has 1 aliphatic rings. The summed E-state index contributed by atoms with van der Waals surface area (Å²) in [5, 5.41) is 0. The van der Waals surface area contributed by atoms with Crippen LogP contribution >= 0.6 is 0 Å². The maximum absolute atomic E-state index is 10.2. The summed E-state index contributed by atoms with van der Waals surface area (Å²) in [5.41, 5.74) is 0. The average Bonchev–Trinajstić information content (AvgIpc) is 3.00. The van der Waals surface area contributed by atoms with Gasteiger partial charge in [-0.3, -0.25) is 0 Å². The molecule has 0 aromatic rings. The summed E-state index contributed by atoms with van der Waals surface area (Å²) < 4.78 is 0. The van der Waals surface area contributed by atoms with E-state index in [2.05, 4.69) is 23.8 Å². The van der Waals surface area contributed by atoms with Gasteiger partial charge in [-0.2, -0.15) is 0 Å². The summed E-state index contributed by atoms with van der Waals surface area (Å²) in [5.74, 6) is 3.71. The Morgan fingerprint density at radius 3 is 1.55 bits per heavy atom. The van der Waals surface area contributed by atoms with E-state index in [-0.39, 0.29) is 0 Å². The van der Waals surface area contributed by atoms with Gasteiger partial charge in [-0.15, -0.1) is 0 Å². The molecule has 0 heterocycles. The summed E-state index contributed by atoms with van der Waals surface area (Å²) in [6.07, 6.45) is 41.6. The molecule has 0 aromatic carbocycles. The molecule has 3 atom stereocenters. The second kappa shape index (κ2) is 29.8. The van der Waals surface area contributed by atoms with Crippen LogP contribution in [0.25, 0.3) is 0 Å². The van der Waals surface area contributed by atoms with Crippen molar-refractivity contribution in [3.8, 4) is 0 Å². The van der Waals surface area contributed by atoms with Gasteiger partial charge in [0.25, 0.3) is 0 Å². The van der Waals surface area contributed by atoms with Crippen LogP contribution in [0.4, 0.5) is 0 Å². The topological polar surface area (TPSA) is 58.9 Å². The molecule has 1 aliphatic carbocycles. The van der Waals surface area contributed by atoms with E-state index < -0.39 is 0 Å². The van der Waals surface area contributed by atoms with Gasteiger partial charge < -0.3 is 0 Å². The van der Waals surface area contributed by atoms with Gasteiger partial charge in [0.2, 0.25) is 12.2 Å². The quantitative estimate of drug-likeness (QED) is 0.0477. The minimum Gasteiger partial charge on any atom is -0.211 e. The minimum atomic E-state index is 0.654. The van der Waals surface area contributed by atoms with Gasteiger partial charge in [0.05, 0.1) is 13.1 Å². The lowest BCUT2D eigenvalue weighted by atomic mass is 9.70. The second-order valence-electron chi connectivity index (χ2n) is 13.8. The molecular weight excluding hydrogens is 516 g/mol. The molecule has 244 valence electrons. The standard InChI is InChI=1S/C38H70N2O2/c1-3-4-5-12-21-28-37(32-36-26-19-17-20-27-36)38(29-22-14-9-7-11-16-24-31-40-34-42)35(2)25-18-13-8-6-10-15-23-30-39-33-41/h35-38H,3-32H2,1-2H3. The molecule has 4 nitrogen and oxygen atoms in total. The number of rotatable bonds is 30. The van der Waals surface area contributed by atoms with Crippen molar-refractivity contribution >= 4 is 12.2 Å². The van der Waals surface area contributed by atoms with Crippen LogP contribution in [0.3, 0.4) is 0 Å². The third-order valence-corrected chi connectivity index (χ3v) is 10.2. The molecule has 0 radical (unpaired) electrons. The molecule has 0 aliphatic heterocycles. The molecule has 0 amide bonds. The zero-order valence-corrected chi connectivity index (χ0v) is 28.2. The first-order valence-corrected chi connectivity index (χ1v) is 18.8. The van der Waals surface area contributed by atoms with Crippen molar-refractivity contribution in [2.75, 3.05) is 13.1 Å². The van der Waals surface area contributed by atoms with Crippen molar-refractivity contribution in [3.05, 3.63) is 0 Å². The SMILES string of the molecule is CCCCCCCC(CC1CCCCC1)C(CCCCCCCCCN=C=O)C(C)CCCCCCCCCN=C=O. The Kier molecular flexibility index (Phi) is 27.5. The highest BCUT2D eigenvalue weighted by Gasteiger charge is 2.29. The number of hydrogen-bond donors (Lipinski definition) is 0. The monoisotopic (exact) mass is 587 g/mol. The van der Waals surface area contributed by atoms with Crippen molar-refractivity contribution < 1.29 is 9.59 Å². The fourth-order valence-corrected chi connectivity index (χ4v) is 7.65. The highest BCUT2D eigenvalue weighted by molar-refractivity contribution is 5.32. The molecule has 1 saturated carbocycles. The first kappa shape index (κ1) is 38.8. The number of carbonyl (C=O) groups excluding carboxylic acids is 2. The van der Waals surface area contributed by atoms with E-state index in [1.54, 1.807) is 12.2 Å². The Balaban J connectivity index is 2.58. The van der Waals surface area contributed by atoms with Crippen LogP contribution < -0.4 is 0 Å². The number of hydrogen-bond acceptors (Lipinski definition) is 4. The van der Waals surface area contributed by atoms with Crippen molar-refractivity contribution in [3.63, 3.8) is 0 Å². The van der Waals surface area contributed by atoms with E-state index in [1.165, 1.54) is 167 Å². The van der Waals surface area contributed by atoms with Crippen LogP contribution in [0.5, 0.6) is 0 Å². The Morgan fingerprint density at radius 2 is 1.02 bits per heavy atom. The average molecular weight is 587 g/mol. The normalized spacial score (nSPS) is 16.0. The molecule has 3 unspecified atom stereocenters. The lowest BCUT2D eigenvalue weighted by Crippen LogP contribution is -2.25. The Bertz CT molecular complexity index is 677. The third-order valence-electron chi connectivity index (χ3n) is 10.2. The summed E-state index contributed by atoms with van der Waals surface area (Å²) >= 11 is 0. The molecule has 0 spiro atoms. The first-order chi connectivity index (χ1) is 20.7. The van der Waals surface area contributed by atoms with Gasteiger partial charge >= 0.3 is 0 Å². The van der Waals surface area contributed by atoms with Crippen molar-refractivity contribution in [1.82, 2.24) is 0 Å².